The Morgan fingerprint density at radius 1 is 0.531 bits per heavy atom. The van der Waals surface area contributed by atoms with Gasteiger partial charge in [-0.3, -0.25) is 10.8 Å². The van der Waals surface area contributed by atoms with Crippen LogP contribution in [-0.2, 0) is 0 Å². The van der Waals surface area contributed by atoms with Crippen LogP contribution in [-0.4, -0.2) is 23.3 Å². The highest BCUT2D eigenvalue weighted by atomic mass is 14.9. The summed E-state index contributed by atoms with van der Waals surface area (Å²) in [5, 5.41) is 18.5. The predicted molar refractivity (Wildman–Crippen MR) is 130 cm³/mol. The van der Waals surface area contributed by atoms with Crippen LogP contribution in [0.25, 0.3) is 33.0 Å². The molecular formula is C26H18N6. The van der Waals surface area contributed by atoms with Crippen molar-refractivity contribution in [2.75, 3.05) is 0 Å². The Kier molecular flexibility index (Phi) is 3.67. The summed E-state index contributed by atoms with van der Waals surface area (Å²) < 4.78 is 0. The van der Waals surface area contributed by atoms with E-state index in [9.17, 15) is 0 Å². The SMILES string of the molecule is N=C1N=C(N)c2ccc(-c3cccc4cccc(-c5ccc6c(c5)C(=N)N=C6N)c34)cc21. The first-order valence-electron chi connectivity index (χ1n) is 10.2. The van der Waals surface area contributed by atoms with Gasteiger partial charge in [-0.05, 0) is 57.3 Å². The lowest BCUT2D eigenvalue weighted by Crippen LogP contribution is -2.10. The first-order valence-corrected chi connectivity index (χ1v) is 10.2. The van der Waals surface area contributed by atoms with Crippen LogP contribution in [0.15, 0.2) is 82.8 Å². The van der Waals surface area contributed by atoms with Crippen molar-refractivity contribution in [1.29, 1.82) is 10.8 Å². The molecule has 152 valence electrons. The third-order valence-electron chi connectivity index (χ3n) is 6.09. The summed E-state index contributed by atoms with van der Waals surface area (Å²) in [4.78, 5) is 8.20. The molecule has 0 radical (unpaired) electrons. The predicted octanol–water partition coefficient (Wildman–Crippen LogP) is 4.26. The highest BCUT2D eigenvalue weighted by Gasteiger charge is 2.21. The van der Waals surface area contributed by atoms with Gasteiger partial charge < -0.3 is 11.5 Å². The Bertz CT molecular complexity index is 1460. The number of benzene rings is 4. The molecule has 4 aromatic rings. The van der Waals surface area contributed by atoms with E-state index in [1.165, 1.54) is 0 Å². The second kappa shape index (κ2) is 6.46. The molecule has 0 atom stereocenters. The lowest BCUT2D eigenvalue weighted by Gasteiger charge is -2.14. The van der Waals surface area contributed by atoms with Gasteiger partial charge in [-0.15, -0.1) is 0 Å². The van der Waals surface area contributed by atoms with E-state index >= 15 is 0 Å². The standard InChI is InChI=1S/C26H18N6/c27-23-18-9-7-14(11-20(18)25(29)31-23)16-5-1-3-13-4-2-6-17(22(13)16)15-8-10-19-21(12-15)26(30)32-24(19)28/h1-12H,(H3,27,29,31)(H3,28,30,32). The van der Waals surface area contributed by atoms with E-state index in [2.05, 4.69) is 34.3 Å². The molecule has 6 rings (SSSR count). The van der Waals surface area contributed by atoms with E-state index in [1.54, 1.807) is 0 Å². The van der Waals surface area contributed by atoms with Crippen LogP contribution >= 0.6 is 0 Å². The Balaban J connectivity index is 1.58. The van der Waals surface area contributed by atoms with Crippen LogP contribution in [0.4, 0.5) is 0 Å². The van der Waals surface area contributed by atoms with Crippen molar-refractivity contribution in [3.63, 3.8) is 0 Å². The molecule has 2 aliphatic heterocycles. The molecule has 2 aliphatic rings. The zero-order valence-electron chi connectivity index (χ0n) is 17.0. The quantitative estimate of drug-likeness (QED) is 0.391. The molecule has 0 bridgehead atoms. The molecule has 6 N–H and O–H groups in total. The van der Waals surface area contributed by atoms with Gasteiger partial charge in [0.15, 0.2) is 11.7 Å². The van der Waals surface area contributed by atoms with Gasteiger partial charge >= 0.3 is 0 Å². The summed E-state index contributed by atoms with van der Waals surface area (Å²) in [5.41, 5.74) is 19.1. The van der Waals surface area contributed by atoms with Gasteiger partial charge in [-0.2, -0.15) is 0 Å². The van der Waals surface area contributed by atoms with E-state index in [1.807, 2.05) is 48.5 Å². The number of hydrogen-bond donors (Lipinski definition) is 4. The van der Waals surface area contributed by atoms with Crippen molar-refractivity contribution < 1.29 is 0 Å². The maximum Gasteiger partial charge on any atom is 0.154 e. The largest absolute Gasteiger partial charge is 0.383 e. The second-order valence-electron chi connectivity index (χ2n) is 7.92. The summed E-state index contributed by atoms with van der Waals surface area (Å²) >= 11 is 0. The van der Waals surface area contributed by atoms with Crippen LogP contribution in [0.2, 0.25) is 0 Å². The summed E-state index contributed by atoms with van der Waals surface area (Å²) in [5.74, 6) is 1.15. The maximum absolute atomic E-state index is 8.16. The highest BCUT2D eigenvalue weighted by Crippen LogP contribution is 2.38. The van der Waals surface area contributed by atoms with Gasteiger partial charge in [0.25, 0.3) is 0 Å². The zero-order valence-corrected chi connectivity index (χ0v) is 17.0. The number of fused-ring (bicyclic) bond motifs is 3. The van der Waals surface area contributed by atoms with Gasteiger partial charge in [-0.1, -0.05) is 48.5 Å². The number of nitrogens with zero attached hydrogens (tertiary/aromatic N) is 2. The molecule has 0 saturated heterocycles. The molecule has 0 saturated carbocycles. The second-order valence-corrected chi connectivity index (χ2v) is 7.92. The summed E-state index contributed by atoms with van der Waals surface area (Å²) in [6, 6.07) is 24.3. The molecule has 0 aliphatic carbocycles. The van der Waals surface area contributed by atoms with Crippen LogP contribution in [0, 0.1) is 10.8 Å². The fraction of sp³-hybridized carbons (Fsp3) is 0. The fourth-order valence-electron chi connectivity index (χ4n) is 4.57. The topological polar surface area (TPSA) is 124 Å². The minimum absolute atomic E-state index is 0.189. The van der Waals surface area contributed by atoms with Crippen LogP contribution in [0.3, 0.4) is 0 Å². The lowest BCUT2D eigenvalue weighted by molar-refractivity contribution is 1.45. The fourth-order valence-corrected chi connectivity index (χ4v) is 4.57. The molecule has 0 aromatic heterocycles. The Morgan fingerprint density at radius 3 is 1.47 bits per heavy atom. The smallest absolute Gasteiger partial charge is 0.154 e. The van der Waals surface area contributed by atoms with Crippen molar-refractivity contribution in [1.82, 2.24) is 0 Å². The van der Waals surface area contributed by atoms with Gasteiger partial charge in [0, 0.05) is 22.3 Å². The third-order valence-corrected chi connectivity index (χ3v) is 6.09. The van der Waals surface area contributed by atoms with Crippen molar-refractivity contribution >= 4 is 34.1 Å². The molecule has 6 nitrogen and oxygen atoms in total. The van der Waals surface area contributed by atoms with E-state index in [4.69, 9.17) is 22.3 Å². The van der Waals surface area contributed by atoms with Gasteiger partial charge in [0.1, 0.15) is 11.7 Å². The summed E-state index contributed by atoms with van der Waals surface area (Å²) in [6.07, 6.45) is 0. The number of nitrogens with two attached hydrogens (primary N) is 2. The van der Waals surface area contributed by atoms with E-state index < -0.39 is 0 Å². The average molecular weight is 414 g/mol. The number of aliphatic imine (C=N–C) groups is 2. The number of amidine groups is 4. The highest BCUT2D eigenvalue weighted by molar-refractivity contribution is 6.22. The molecule has 0 amide bonds. The van der Waals surface area contributed by atoms with Crippen molar-refractivity contribution in [2.45, 2.75) is 0 Å². The van der Waals surface area contributed by atoms with Crippen LogP contribution < -0.4 is 11.5 Å². The van der Waals surface area contributed by atoms with Gasteiger partial charge in [0.2, 0.25) is 0 Å². The molecule has 0 fully saturated rings. The summed E-state index contributed by atoms with van der Waals surface area (Å²) in [6.45, 7) is 0. The first-order chi connectivity index (χ1) is 15.5. The minimum atomic E-state index is 0.189. The first kappa shape index (κ1) is 18.2. The molecule has 0 unspecified atom stereocenters. The lowest BCUT2D eigenvalue weighted by atomic mass is 9.89. The van der Waals surface area contributed by atoms with Crippen molar-refractivity contribution in [2.24, 2.45) is 21.5 Å². The monoisotopic (exact) mass is 414 g/mol. The van der Waals surface area contributed by atoms with Crippen LogP contribution in [0.1, 0.15) is 22.3 Å². The van der Waals surface area contributed by atoms with Crippen molar-refractivity contribution in [3.8, 4) is 22.3 Å². The average Bonchev–Trinajstić information content (AvgIpc) is 3.26. The normalized spacial score (nSPS) is 14.4. The zero-order chi connectivity index (χ0) is 22.0. The van der Waals surface area contributed by atoms with E-state index in [0.29, 0.717) is 11.7 Å². The van der Waals surface area contributed by atoms with Gasteiger partial charge in [0.05, 0.1) is 0 Å². The molecule has 4 aromatic carbocycles. The Labute approximate surface area is 184 Å². The molecule has 6 heteroatoms. The molecule has 2 heterocycles. The third kappa shape index (κ3) is 2.53. The van der Waals surface area contributed by atoms with Gasteiger partial charge in [-0.25, -0.2) is 9.98 Å². The van der Waals surface area contributed by atoms with E-state index in [-0.39, 0.29) is 11.7 Å². The van der Waals surface area contributed by atoms with Crippen LogP contribution in [0.5, 0.6) is 0 Å². The molecule has 0 spiro atoms. The number of hydrogen-bond acceptors (Lipinski definition) is 4. The number of rotatable bonds is 2. The maximum atomic E-state index is 8.16. The Morgan fingerprint density at radius 2 is 1.00 bits per heavy atom. The molecule has 32 heavy (non-hydrogen) atoms. The van der Waals surface area contributed by atoms with Crippen molar-refractivity contribution in [3.05, 3.63) is 95.1 Å². The minimum Gasteiger partial charge on any atom is -0.383 e. The van der Waals surface area contributed by atoms with E-state index in [0.717, 1.165) is 55.3 Å². The number of nitrogens with one attached hydrogen (secondary N) is 2. The summed E-state index contributed by atoms with van der Waals surface area (Å²) in [7, 11) is 0. The molecular weight excluding hydrogens is 396 g/mol. The Hall–Kier alpha value is -4.58.